The zero-order chi connectivity index (χ0) is 13.3. The molecule has 1 nitrogen and oxygen atoms in total. The highest BCUT2D eigenvalue weighted by Crippen LogP contribution is 2.25. The topological polar surface area (TPSA) is 26.0 Å². The van der Waals surface area contributed by atoms with Crippen molar-refractivity contribution in [2.45, 2.75) is 73.1 Å². The molecule has 0 amide bonds. The number of hydrogen-bond acceptors (Lipinski definition) is 1. The molecule has 0 rings (SSSR count). The van der Waals surface area contributed by atoms with Gasteiger partial charge in [-0.05, 0) is 43.1 Å². The fraction of sp³-hybridized carbons (Fsp3) is 1.00. The van der Waals surface area contributed by atoms with Gasteiger partial charge in [0.1, 0.15) is 0 Å². The second-order valence-corrected chi connectivity index (χ2v) is 6.19. The fourth-order valence-electron chi connectivity index (χ4n) is 2.62. The van der Waals surface area contributed by atoms with E-state index in [4.69, 9.17) is 5.73 Å². The monoisotopic (exact) mass is 241 g/mol. The molecule has 0 aromatic carbocycles. The van der Waals surface area contributed by atoms with E-state index in [9.17, 15) is 0 Å². The fourth-order valence-corrected chi connectivity index (χ4v) is 2.62. The third-order valence-corrected chi connectivity index (χ3v) is 4.44. The maximum Gasteiger partial charge on any atom is -0.00464 e. The smallest absolute Gasteiger partial charge is 0.00464 e. The molecule has 17 heavy (non-hydrogen) atoms. The summed E-state index contributed by atoms with van der Waals surface area (Å²) in [5.74, 6) is 3.32. The van der Waals surface area contributed by atoms with Crippen molar-refractivity contribution in [1.82, 2.24) is 0 Å². The average molecular weight is 241 g/mol. The molecule has 0 aliphatic rings. The maximum atomic E-state index is 5.83. The van der Waals surface area contributed by atoms with Gasteiger partial charge in [-0.15, -0.1) is 0 Å². The van der Waals surface area contributed by atoms with E-state index < -0.39 is 0 Å². The summed E-state index contributed by atoms with van der Waals surface area (Å²) in [5, 5.41) is 0. The van der Waals surface area contributed by atoms with E-state index >= 15 is 0 Å². The average Bonchev–Trinajstić information content (AvgIpc) is 2.32. The summed E-state index contributed by atoms with van der Waals surface area (Å²) < 4.78 is 0. The molecule has 0 aromatic heterocycles. The summed E-state index contributed by atoms with van der Waals surface area (Å²) >= 11 is 0. The summed E-state index contributed by atoms with van der Waals surface area (Å²) in [6.45, 7) is 12.5. The molecule has 0 fully saturated rings. The highest BCUT2D eigenvalue weighted by molar-refractivity contribution is 4.67. The summed E-state index contributed by atoms with van der Waals surface area (Å²) in [7, 11) is 0. The molecular weight excluding hydrogens is 206 g/mol. The van der Waals surface area contributed by atoms with Crippen LogP contribution in [0.5, 0.6) is 0 Å². The van der Waals surface area contributed by atoms with Crippen LogP contribution < -0.4 is 5.73 Å². The SMILES string of the molecule is CCC(C)CC(CC)CCC[C@H](CN)C(C)C. The Morgan fingerprint density at radius 2 is 1.59 bits per heavy atom. The number of nitrogens with two attached hydrogens (primary N) is 1. The lowest BCUT2D eigenvalue weighted by molar-refractivity contribution is 0.309. The lowest BCUT2D eigenvalue weighted by Gasteiger charge is -2.22. The molecule has 2 N–H and O–H groups in total. The van der Waals surface area contributed by atoms with Gasteiger partial charge in [0.2, 0.25) is 0 Å². The van der Waals surface area contributed by atoms with Gasteiger partial charge < -0.3 is 5.73 Å². The van der Waals surface area contributed by atoms with Crippen molar-refractivity contribution in [3.05, 3.63) is 0 Å². The predicted molar refractivity (Wildman–Crippen MR) is 79.1 cm³/mol. The lowest BCUT2D eigenvalue weighted by atomic mass is 9.85. The molecule has 1 heteroatoms. The molecule has 0 aliphatic carbocycles. The molecule has 0 saturated carbocycles. The van der Waals surface area contributed by atoms with Crippen LogP contribution in [0.1, 0.15) is 73.1 Å². The highest BCUT2D eigenvalue weighted by atomic mass is 14.5. The molecule has 0 spiro atoms. The molecule has 0 aliphatic heterocycles. The van der Waals surface area contributed by atoms with Gasteiger partial charge in [0.15, 0.2) is 0 Å². The second-order valence-electron chi connectivity index (χ2n) is 6.19. The predicted octanol–water partition coefficient (Wildman–Crippen LogP) is 4.85. The van der Waals surface area contributed by atoms with Gasteiger partial charge in [-0.1, -0.05) is 60.3 Å². The van der Waals surface area contributed by atoms with Crippen LogP contribution in [0, 0.1) is 23.7 Å². The molecule has 0 saturated heterocycles. The van der Waals surface area contributed by atoms with Crippen LogP contribution in [0.3, 0.4) is 0 Å². The zero-order valence-corrected chi connectivity index (χ0v) is 12.8. The minimum Gasteiger partial charge on any atom is -0.330 e. The normalized spacial score (nSPS) is 17.1. The van der Waals surface area contributed by atoms with E-state index in [0.29, 0.717) is 0 Å². The largest absolute Gasteiger partial charge is 0.330 e. The first-order valence-electron chi connectivity index (χ1n) is 7.75. The second kappa shape index (κ2) is 9.94. The van der Waals surface area contributed by atoms with E-state index in [1.165, 1.54) is 38.5 Å². The first kappa shape index (κ1) is 17.0. The van der Waals surface area contributed by atoms with E-state index in [2.05, 4.69) is 34.6 Å². The summed E-state index contributed by atoms with van der Waals surface area (Å²) in [6.07, 6.45) is 8.19. The Labute approximate surface area is 110 Å². The Bertz CT molecular complexity index is 165. The van der Waals surface area contributed by atoms with E-state index in [-0.39, 0.29) is 0 Å². The van der Waals surface area contributed by atoms with Crippen LogP contribution in [0.25, 0.3) is 0 Å². The Kier molecular flexibility index (Phi) is 9.91. The molecule has 0 heterocycles. The molecule has 2 unspecified atom stereocenters. The Morgan fingerprint density at radius 1 is 0.941 bits per heavy atom. The van der Waals surface area contributed by atoms with Crippen molar-refractivity contribution in [1.29, 1.82) is 0 Å². The van der Waals surface area contributed by atoms with Gasteiger partial charge in [-0.2, -0.15) is 0 Å². The van der Waals surface area contributed by atoms with Gasteiger partial charge in [-0.3, -0.25) is 0 Å². The van der Waals surface area contributed by atoms with Crippen LogP contribution in [0.15, 0.2) is 0 Å². The standard InChI is InChI=1S/C16H35N/c1-6-14(5)11-15(7-2)9-8-10-16(12-17)13(3)4/h13-16H,6-12,17H2,1-5H3/t14?,15?,16-/m1/s1. The van der Waals surface area contributed by atoms with Crippen molar-refractivity contribution in [3.8, 4) is 0 Å². The first-order valence-corrected chi connectivity index (χ1v) is 7.75. The highest BCUT2D eigenvalue weighted by Gasteiger charge is 2.14. The Balaban J connectivity index is 3.82. The van der Waals surface area contributed by atoms with Crippen LogP contribution in [-0.2, 0) is 0 Å². The maximum absolute atomic E-state index is 5.83. The van der Waals surface area contributed by atoms with Crippen molar-refractivity contribution in [2.75, 3.05) is 6.54 Å². The van der Waals surface area contributed by atoms with E-state index in [0.717, 1.165) is 30.2 Å². The van der Waals surface area contributed by atoms with Gasteiger partial charge in [0.05, 0.1) is 0 Å². The van der Waals surface area contributed by atoms with Crippen LogP contribution in [0.2, 0.25) is 0 Å². The van der Waals surface area contributed by atoms with Gasteiger partial charge in [0.25, 0.3) is 0 Å². The Hall–Kier alpha value is -0.0400. The minimum absolute atomic E-state index is 0.733. The summed E-state index contributed by atoms with van der Waals surface area (Å²) in [4.78, 5) is 0. The lowest BCUT2D eigenvalue weighted by Crippen LogP contribution is -2.20. The number of rotatable bonds is 10. The molecule has 3 atom stereocenters. The Morgan fingerprint density at radius 3 is 2.00 bits per heavy atom. The third kappa shape index (κ3) is 7.81. The van der Waals surface area contributed by atoms with Crippen molar-refractivity contribution in [3.63, 3.8) is 0 Å². The summed E-state index contributed by atoms with van der Waals surface area (Å²) in [5.41, 5.74) is 5.83. The van der Waals surface area contributed by atoms with Crippen LogP contribution >= 0.6 is 0 Å². The van der Waals surface area contributed by atoms with Crippen molar-refractivity contribution < 1.29 is 0 Å². The van der Waals surface area contributed by atoms with Crippen molar-refractivity contribution in [2.24, 2.45) is 29.4 Å². The molecule has 0 bridgehead atoms. The van der Waals surface area contributed by atoms with Gasteiger partial charge in [-0.25, -0.2) is 0 Å². The quantitative estimate of drug-likeness (QED) is 0.581. The van der Waals surface area contributed by atoms with Gasteiger partial charge >= 0.3 is 0 Å². The molecule has 0 aromatic rings. The van der Waals surface area contributed by atoms with E-state index in [1.54, 1.807) is 0 Å². The number of hydrogen-bond donors (Lipinski definition) is 1. The molecule has 104 valence electrons. The molecule has 0 radical (unpaired) electrons. The van der Waals surface area contributed by atoms with Gasteiger partial charge in [0, 0.05) is 0 Å². The van der Waals surface area contributed by atoms with Crippen LogP contribution in [0.4, 0.5) is 0 Å². The zero-order valence-electron chi connectivity index (χ0n) is 12.8. The molecular formula is C16H35N. The van der Waals surface area contributed by atoms with Crippen LogP contribution in [-0.4, -0.2) is 6.54 Å². The minimum atomic E-state index is 0.733. The first-order chi connectivity index (χ1) is 8.04. The third-order valence-electron chi connectivity index (χ3n) is 4.44. The van der Waals surface area contributed by atoms with E-state index in [1.807, 2.05) is 0 Å². The summed E-state index contributed by atoms with van der Waals surface area (Å²) in [6, 6.07) is 0. The van der Waals surface area contributed by atoms with Crippen molar-refractivity contribution >= 4 is 0 Å².